The second kappa shape index (κ2) is 6.92. The summed E-state index contributed by atoms with van der Waals surface area (Å²) >= 11 is 0. The standard InChI is InChI=1S/C6H15N2/c1-3-5-6-8-7-4-2/h8H,3-6H2,1-2H3. The van der Waals surface area contributed by atoms with E-state index in [2.05, 4.69) is 17.8 Å². The fraction of sp³-hybridized carbons (Fsp3) is 1.00. The van der Waals surface area contributed by atoms with Gasteiger partial charge in [0.25, 0.3) is 0 Å². The minimum absolute atomic E-state index is 0.879. The second-order valence-corrected chi connectivity index (χ2v) is 1.74. The van der Waals surface area contributed by atoms with E-state index in [4.69, 9.17) is 0 Å². The summed E-state index contributed by atoms with van der Waals surface area (Å²) in [5.74, 6) is 0. The molecule has 0 aromatic heterocycles. The molecule has 1 N–H and O–H groups in total. The first-order valence-electron chi connectivity index (χ1n) is 3.31. The van der Waals surface area contributed by atoms with Crippen LogP contribution in [-0.2, 0) is 0 Å². The molecule has 0 aliphatic rings. The van der Waals surface area contributed by atoms with Crippen LogP contribution < -0.4 is 10.9 Å². The molecule has 2 heteroatoms. The van der Waals surface area contributed by atoms with E-state index < -0.39 is 0 Å². The molecule has 0 amide bonds. The van der Waals surface area contributed by atoms with Crippen LogP contribution in [0.5, 0.6) is 0 Å². The fourth-order valence-corrected chi connectivity index (χ4v) is 0.447. The highest BCUT2D eigenvalue weighted by Gasteiger charge is 1.80. The van der Waals surface area contributed by atoms with Gasteiger partial charge in [0.1, 0.15) is 0 Å². The molecule has 0 saturated carbocycles. The Morgan fingerprint density at radius 3 is 2.62 bits per heavy atom. The summed E-state index contributed by atoms with van der Waals surface area (Å²) in [4.78, 5) is 0. The van der Waals surface area contributed by atoms with Gasteiger partial charge in [0.2, 0.25) is 0 Å². The summed E-state index contributed by atoms with van der Waals surface area (Å²) in [7, 11) is 0. The normalized spacial score (nSPS) is 9.75. The molecule has 0 heterocycles. The number of rotatable bonds is 5. The van der Waals surface area contributed by atoms with Gasteiger partial charge in [-0.15, -0.1) is 0 Å². The minimum atomic E-state index is 0.879. The Morgan fingerprint density at radius 1 is 1.38 bits per heavy atom. The molecule has 0 atom stereocenters. The van der Waals surface area contributed by atoms with Crippen LogP contribution in [0.4, 0.5) is 0 Å². The van der Waals surface area contributed by atoms with Crippen LogP contribution in [0, 0.1) is 0 Å². The van der Waals surface area contributed by atoms with E-state index in [-0.39, 0.29) is 0 Å². The molecule has 0 aliphatic carbocycles. The summed E-state index contributed by atoms with van der Waals surface area (Å²) in [6.07, 6.45) is 2.47. The minimum Gasteiger partial charge on any atom is -0.240 e. The van der Waals surface area contributed by atoms with E-state index in [9.17, 15) is 0 Å². The average Bonchev–Trinajstić information content (AvgIpc) is 1.81. The highest BCUT2D eigenvalue weighted by Crippen LogP contribution is 1.79. The molecule has 0 saturated heterocycles. The van der Waals surface area contributed by atoms with E-state index in [1.165, 1.54) is 12.8 Å². The van der Waals surface area contributed by atoms with Gasteiger partial charge in [-0.2, -0.15) is 5.43 Å². The molecule has 0 aliphatic heterocycles. The van der Waals surface area contributed by atoms with Gasteiger partial charge in [-0.3, -0.25) is 0 Å². The molecule has 0 aromatic rings. The Morgan fingerprint density at radius 2 is 2.12 bits per heavy atom. The van der Waals surface area contributed by atoms with Crippen molar-refractivity contribution in [1.29, 1.82) is 0 Å². The number of unbranched alkanes of at least 4 members (excludes halogenated alkanes) is 1. The van der Waals surface area contributed by atoms with Crippen molar-refractivity contribution in [3.05, 3.63) is 0 Å². The lowest BCUT2D eigenvalue weighted by Gasteiger charge is -1.97. The Kier molecular flexibility index (Phi) is 6.85. The van der Waals surface area contributed by atoms with Crippen LogP contribution in [0.2, 0.25) is 0 Å². The Bertz CT molecular complexity index is 31.5. The maximum atomic E-state index is 3.96. The lowest BCUT2D eigenvalue weighted by molar-refractivity contribution is 0.523. The smallest absolute Gasteiger partial charge is 0.0275 e. The molecule has 0 aromatic carbocycles. The summed E-state index contributed by atoms with van der Waals surface area (Å²) in [5.41, 5.74) is 6.92. The largest absolute Gasteiger partial charge is 0.240 e. The number of nitrogens with one attached hydrogen (secondary N) is 1. The zero-order valence-electron chi connectivity index (χ0n) is 5.78. The number of hydrogen-bond donors (Lipinski definition) is 1. The van der Waals surface area contributed by atoms with Crippen LogP contribution in [0.15, 0.2) is 0 Å². The quantitative estimate of drug-likeness (QED) is 0.418. The first-order chi connectivity index (χ1) is 3.91. The molecular formula is C6H15N2. The molecule has 0 bridgehead atoms. The monoisotopic (exact) mass is 115 g/mol. The molecule has 8 heavy (non-hydrogen) atoms. The van der Waals surface area contributed by atoms with Crippen molar-refractivity contribution < 1.29 is 0 Å². The number of hydrogen-bond acceptors (Lipinski definition) is 1. The zero-order chi connectivity index (χ0) is 6.24. The van der Waals surface area contributed by atoms with Gasteiger partial charge in [-0.05, 0) is 13.3 Å². The van der Waals surface area contributed by atoms with Crippen LogP contribution in [-0.4, -0.2) is 13.1 Å². The van der Waals surface area contributed by atoms with Crippen molar-refractivity contribution in [3.63, 3.8) is 0 Å². The highest BCUT2D eigenvalue weighted by atomic mass is 15.3. The van der Waals surface area contributed by atoms with E-state index in [1.54, 1.807) is 0 Å². The zero-order valence-corrected chi connectivity index (χ0v) is 5.78. The summed E-state index contributed by atoms with van der Waals surface area (Å²) in [6, 6.07) is 0. The first kappa shape index (κ1) is 7.92. The fourth-order valence-electron chi connectivity index (χ4n) is 0.447. The molecule has 0 fully saturated rings. The van der Waals surface area contributed by atoms with Gasteiger partial charge in [-0.25, -0.2) is 5.43 Å². The second-order valence-electron chi connectivity index (χ2n) is 1.74. The van der Waals surface area contributed by atoms with E-state index in [0.717, 1.165) is 13.1 Å². The van der Waals surface area contributed by atoms with Crippen molar-refractivity contribution in [3.8, 4) is 0 Å². The van der Waals surface area contributed by atoms with Crippen molar-refractivity contribution in [2.24, 2.45) is 0 Å². The predicted octanol–water partition coefficient (Wildman–Crippen LogP) is 0.915. The lowest BCUT2D eigenvalue weighted by Crippen LogP contribution is -2.24. The third-order valence-corrected chi connectivity index (χ3v) is 0.912. The van der Waals surface area contributed by atoms with Crippen molar-refractivity contribution in [1.82, 2.24) is 10.9 Å². The van der Waals surface area contributed by atoms with Gasteiger partial charge in [0.05, 0.1) is 0 Å². The number of nitrogens with zero attached hydrogens (tertiary/aromatic N) is 1. The van der Waals surface area contributed by atoms with Gasteiger partial charge in [-0.1, -0.05) is 13.3 Å². The van der Waals surface area contributed by atoms with Gasteiger partial charge < -0.3 is 0 Å². The first-order valence-corrected chi connectivity index (χ1v) is 3.31. The van der Waals surface area contributed by atoms with Crippen LogP contribution >= 0.6 is 0 Å². The summed E-state index contributed by atoms with van der Waals surface area (Å²) in [5, 5.41) is 0. The van der Waals surface area contributed by atoms with Crippen molar-refractivity contribution >= 4 is 0 Å². The molecule has 2 nitrogen and oxygen atoms in total. The Labute approximate surface area is 51.6 Å². The summed E-state index contributed by atoms with van der Waals surface area (Å²) < 4.78 is 0. The maximum absolute atomic E-state index is 3.96. The Hall–Kier alpha value is -0.0800. The molecule has 1 radical (unpaired) electrons. The lowest BCUT2D eigenvalue weighted by atomic mass is 10.3. The third kappa shape index (κ3) is 5.92. The highest BCUT2D eigenvalue weighted by molar-refractivity contribution is 4.37. The van der Waals surface area contributed by atoms with Crippen LogP contribution in [0.1, 0.15) is 26.7 Å². The molecule has 49 valence electrons. The Balaban J connectivity index is 2.53. The third-order valence-electron chi connectivity index (χ3n) is 0.912. The van der Waals surface area contributed by atoms with E-state index in [1.807, 2.05) is 6.92 Å². The molecule has 0 spiro atoms. The molecule has 0 rings (SSSR count). The predicted molar refractivity (Wildman–Crippen MR) is 35.6 cm³/mol. The topological polar surface area (TPSA) is 26.1 Å². The molecule has 0 unspecified atom stereocenters. The van der Waals surface area contributed by atoms with E-state index >= 15 is 0 Å². The van der Waals surface area contributed by atoms with Crippen LogP contribution in [0.25, 0.3) is 0 Å². The van der Waals surface area contributed by atoms with Crippen molar-refractivity contribution in [2.45, 2.75) is 26.7 Å². The van der Waals surface area contributed by atoms with Gasteiger partial charge in [0, 0.05) is 13.1 Å². The van der Waals surface area contributed by atoms with Gasteiger partial charge >= 0.3 is 0 Å². The summed E-state index contributed by atoms with van der Waals surface area (Å²) in [6.45, 7) is 6.11. The van der Waals surface area contributed by atoms with Crippen LogP contribution in [0.3, 0.4) is 0 Å². The average molecular weight is 115 g/mol. The molecular weight excluding hydrogens is 100 g/mol. The maximum Gasteiger partial charge on any atom is 0.0275 e. The van der Waals surface area contributed by atoms with Crippen molar-refractivity contribution in [2.75, 3.05) is 13.1 Å². The SMILES string of the molecule is CCCCN[N]CC. The van der Waals surface area contributed by atoms with Gasteiger partial charge in [0.15, 0.2) is 0 Å². The van der Waals surface area contributed by atoms with E-state index in [0.29, 0.717) is 0 Å².